The van der Waals surface area contributed by atoms with Gasteiger partial charge in [-0.1, -0.05) is 6.92 Å². The highest BCUT2D eigenvalue weighted by Crippen LogP contribution is 2.48. The van der Waals surface area contributed by atoms with E-state index < -0.39 is 0 Å². The molecule has 0 aromatic carbocycles. The summed E-state index contributed by atoms with van der Waals surface area (Å²) in [6.07, 6.45) is 4.39. The van der Waals surface area contributed by atoms with Gasteiger partial charge in [-0.3, -0.25) is 0 Å². The number of anilines is 1. The fraction of sp³-hybridized carbons (Fsp3) is 0.545. The van der Waals surface area contributed by atoms with Crippen molar-refractivity contribution in [1.82, 2.24) is 4.98 Å². The fourth-order valence-electron chi connectivity index (χ4n) is 1.62. The number of hydrogen-bond donors (Lipinski definition) is 2. The summed E-state index contributed by atoms with van der Waals surface area (Å²) in [5.41, 5.74) is 6.78. The van der Waals surface area contributed by atoms with Crippen molar-refractivity contribution in [3.63, 3.8) is 0 Å². The third kappa shape index (κ3) is 1.87. The van der Waals surface area contributed by atoms with Crippen LogP contribution in [-0.4, -0.2) is 16.2 Å². The van der Waals surface area contributed by atoms with E-state index in [1.165, 1.54) is 0 Å². The van der Waals surface area contributed by atoms with Crippen LogP contribution in [0.2, 0.25) is 0 Å². The van der Waals surface area contributed by atoms with Crippen LogP contribution in [0.1, 0.15) is 25.3 Å². The van der Waals surface area contributed by atoms with Crippen molar-refractivity contribution in [2.75, 3.05) is 5.73 Å². The molecule has 0 radical (unpaired) electrons. The van der Waals surface area contributed by atoms with Gasteiger partial charge >= 0.3 is 0 Å². The quantitative estimate of drug-likeness (QED) is 0.760. The number of pyridine rings is 1. The summed E-state index contributed by atoms with van der Waals surface area (Å²) >= 11 is 0. The molecular formula is C11H16N2O. The SMILES string of the molecule is CC1(C(O)Cc2ccnc(N)c2)CC1. The lowest BCUT2D eigenvalue weighted by Gasteiger charge is -2.17. The van der Waals surface area contributed by atoms with E-state index >= 15 is 0 Å². The molecule has 3 N–H and O–H groups in total. The molecule has 1 aliphatic carbocycles. The van der Waals surface area contributed by atoms with Crippen LogP contribution in [0.5, 0.6) is 0 Å². The maximum atomic E-state index is 9.93. The zero-order valence-corrected chi connectivity index (χ0v) is 8.40. The second-order valence-electron chi connectivity index (χ2n) is 4.46. The van der Waals surface area contributed by atoms with Gasteiger partial charge in [0.2, 0.25) is 0 Å². The molecular weight excluding hydrogens is 176 g/mol. The van der Waals surface area contributed by atoms with Crippen molar-refractivity contribution in [2.45, 2.75) is 32.3 Å². The van der Waals surface area contributed by atoms with Crippen molar-refractivity contribution < 1.29 is 5.11 Å². The average Bonchev–Trinajstić information content (AvgIpc) is 2.85. The number of nitrogens with two attached hydrogens (primary N) is 1. The van der Waals surface area contributed by atoms with Gasteiger partial charge in [-0.15, -0.1) is 0 Å². The third-order valence-electron chi connectivity index (χ3n) is 3.12. The molecule has 1 fully saturated rings. The molecule has 0 amide bonds. The van der Waals surface area contributed by atoms with Crippen LogP contribution in [-0.2, 0) is 6.42 Å². The molecule has 14 heavy (non-hydrogen) atoms. The molecule has 1 aromatic rings. The molecule has 0 bridgehead atoms. The van der Waals surface area contributed by atoms with Crippen molar-refractivity contribution in [2.24, 2.45) is 5.41 Å². The van der Waals surface area contributed by atoms with E-state index in [4.69, 9.17) is 5.73 Å². The van der Waals surface area contributed by atoms with Gasteiger partial charge in [-0.05, 0) is 42.4 Å². The summed E-state index contributed by atoms with van der Waals surface area (Å²) in [5, 5.41) is 9.93. The highest BCUT2D eigenvalue weighted by Gasteiger charge is 2.43. The Morgan fingerprint density at radius 3 is 2.93 bits per heavy atom. The number of aliphatic hydroxyl groups excluding tert-OH is 1. The molecule has 2 rings (SSSR count). The van der Waals surface area contributed by atoms with E-state index in [1.807, 2.05) is 12.1 Å². The highest BCUT2D eigenvalue weighted by molar-refractivity contribution is 5.32. The summed E-state index contributed by atoms with van der Waals surface area (Å²) in [7, 11) is 0. The first-order chi connectivity index (χ1) is 6.60. The number of nitrogens with zero attached hydrogens (tertiary/aromatic N) is 1. The van der Waals surface area contributed by atoms with Crippen LogP contribution in [0, 0.1) is 5.41 Å². The lowest BCUT2D eigenvalue weighted by molar-refractivity contribution is 0.103. The minimum Gasteiger partial charge on any atom is -0.392 e. The average molecular weight is 192 g/mol. The number of rotatable bonds is 3. The Bertz CT molecular complexity index is 334. The Labute approximate surface area is 84.0 Å². The number of nitrogen functional groups attached to an aromatic ring is 1. The second-order valence-corrected chi connectivity index (χ2v) is 4.46. The topological polar surface area (TPSA) is 59.1 Å². The maximum Gasteiger partial charge on any atom is 0.123 e. The molecule has 1 heterocycles. The van der Waals surface area contributed by atoms with Gasteiger partial charge in [0.1, 0.15) is 5.82 Å². The zero-order chi connectivity index (χ0) is 10.2. The third-order valence-corrected chi connectivity index (χ3v) is 3.12. The van der Waals surface area contributed by atoms with Crippen molar-refractivity contribution in [3.05, 3.63) is 23.9 Å². The smallest absolute Gasteiger partial charge is 0.123 e. The summed E-state index contributed by atoms with van der Waals surface area (Å²) < 4.78 is 0. The van der Waals surface area contributed by atoms with Gasteiger partial charge in [0, 0.05) is 6.20 Å². The molecule has 1 atom stereocenters. The normalized spacial score (nSPS) is 20.4. The highest BCUT2D eigenvalue weighted by atomic mass is 16.3. The zero-order valence-electron chi connectivity index (χ0n) is 8.40. The van der Waals surface area contributed by atoms with Crippen LogP contribution in [0.4, 0.5) is 5.82 Å². The summed E-state index contributed by atoms with van der Waals surface area (Å²) in [6, 6.07) is 3.74. The Balaban J connectivity index is 2.03. The van der Waals surface area contributed by atoms with Crippen LogP contribution in [0.3, 0.4) is 0 Å². The molecule has 1 aromatic heterocycles. The van der Waals surface area contributed by atoms with E-state index in [9.17, 15) is 5.11 Å². The fourth-order valence-corrected chi connectivity index (χ4v) is 1.62. The van der Waals surface area contributed by atoms with E-state index in [1.54, 1.807) is 6.20 Å². The largest absolute Gasteiger partial charge is 0.392 e. The van der Waals surface area contributed by atoms with E-state index in [2.05, 4.69) is 11.9 Å². The van der Waals surface area contributed by atoms with Gasteiger partial charge in [-0.25, -0.2) is 4.98 Å². The number of aromatic nitrogens is 1. The van der Waals surface area contributed by atoms with Gasteiger partial charge in [-0.2, -0.15) is 0 Å². The Morgan fingerprint density at radius 1 is 1.64 bits per heavy atom. The van der Waals surface area contributed by atoms with Crippen molar-refractivity contribution in [1.29, 1.82) is 0 Å². The lowest BCUT2D eigenvalue weighted by atomic mass is 9.96. The van der Waals surface area contributed by atoms with Crippen LogP contribution < -0.4 is 5.73 Å². The van der Waals surface area contributed by atoms with Crippen LogP contribution >= 0.6 is 0 Å². The Hall–Kier alpha value is -1.09. The standard InChI is InChI=1S/C11H16N2O/c1-11(3-4-11)9(14)6-8-2-5-13-10(12)7-8/h2,5,7,9,14H,3-4,6H2,1H3,(H2,12,13). The van der Waals surface area contributed by atoms with Gasteiger partial charge in [0.15, 0.2) is 0 Å². The van der Waals surface area contributed by atoms with E-state index in [0.29, 0.717) is 12.2 Å². The minimum atomic E-state index is -0.246. The molecule has 0 saturated heterocycles. The van der Waals surface area contributed by atoms with Gasteiger partial charge < -0.3 is 10.8 Å². The number of hydrogen-bond acceptors (Lipinski definition) is 3. The van der Waals surface area contributed by atoms with Crippen LogP contribution in [0.15, 0.2) is 18.3 Å². The van der Waals surface area contributed by atoms with Crippen LogP contribution in [0.25, 0.3) is 0 Å². The van der Waals surface area contributed by atoms with E-state index in [0.717, 1.165) is 18.4 Å². The first-order valence-electron chi connectivity index (χ1n) is 4.99. The summed E-state index contributed by atoms with van der Waals surface area (Å²) in [6.45, 7) is 2.13. The molecule has 1 unspecified atom stereocenters. The molecule has 0 spiro atoms. The van der Waals surface area contributed by atoms with Crippen molar-refractivity contribution in [3.8, 4) is 0 Å². The van der Waals surface area contributed by atoms with Crippen molar-refractivity contribution >= 4 is 5.82 Å². The lowest BCUT2D eigenvalue weighted by Crippen LogP contribution is -2.21. The minimum absolute atomic E-state index is 0.151. The second kappa shape index (κ2) is 3.24. The number of aliphatic hydroxyl groups is 1. The molecule has 1 saturated carbocycles. The molecule has 3 nitrogen and oxygen atoms in total. The first kappa shape index (κ1) is 9.46. The molecule has 76 valence electrons. The molecule has 3 heteroatoms. The maximum absolute atomic E-state index is 9.93. The molecule has 1 aliphatic rings. The first-order valence-corrected chi connectivity index (χ1v) is 4.99. The van der Waals surface area contributed by atoms with Gasteiger partial charge in [0.25, 0.3) is 0 Å². The Morgan fingerprint density at radius 2 is 2.36 bits per heavy atom. The van der Waals surface area contributed by atoms with Gasteiger partial charge in [0.05, 0.1) is 6.10 Å². The predicted molar refractivity (Wildman–Crippen MR) is 55.7 cm³/mol. The Kier molecular flexibility index (Phi) is 2.19. The van der Waals surface area contributed by atoms with E-state index in [-0.39, 0.29) is 11.5 Å². The predicted octanol–water partition coefficient (Wildman–Crippen LogP) is 1.37. The summed E-state index contributed by atoms with van der Waals surface area (Å²) in [5.74, 6) is 0.524. The summed E-state index contributed by atoms with van der Waals surface area (Å²) in [4.78, 5) is 3.92. The monoisotopic (exact) mass is 192 g/mol. The molecule has 0 aliphatic heterocycles.